The molecule has 17 heavy (non-hydrogen) atoms. The highest BCUT2D eigenvalue weighted by Gasteiger charge is 2.36. The lowest BCUT2D eigenvalue weighted by Gasteiger charge is -2.29. The van der Waals surface area contributed by atoms with E-state index in [1.54, 1.807) is 7.11 Å². The minimum atomic E-state index is -2.11. The van der Waals surface area contributed by atoms with Crippen molar-refractivity contribution < 1.29 is 4.43 Å². The highest BCUT2D eigenvalue weighted by Crippen LogP contribution is 2.11. The molecular weight excluding hydrogens is 224 g/mol. The van der Waals surface area contributed by atoms with Crippen LogP contribution in [0.3, 0.4) is 0 Å². The van der Waals surface area contributed by atoms with Crippen molar-refractivity contribution in [3.05, 3.63) is 67.6 Å². The summed E-state index contributed by atoms with van der Waals surface area (Å²) in [5, 5.41) is 2.56. The molecule has 0 aliphatic carbocycles. The largest absolute Gasteiger partial charge is 0.411 e. The smallest absolute Gasteiger partial charge is 0.255 e. The molecule has 0 heterocycles. The summed E-state index contributed by atoms with van der Waals surface area (Å²) in [4.78, 5) is 0. The highest BCUT2D eigenvalue weighted by molar-refractivity contribution is 6.97. The summed E-state index contributed by atoms with van der Waals surface area (Å²) in [6.07, 6.45) is 0. The van der Waals surface area contributed by atoms with Crippen LogP contribution in [0.5, 0.6) is 0 Å². The molecule has 2 heteroatoms. The predicted molar refractivity (Wildman–Crippen MR) is 75.1 cm³/mol. The first-order valence-electron chi connectivity index (χ1n) is 5.79. The molecule has 0 saturated carbocycles. The van der Waals surface area contributed by atoms with E-state index in [0.29, 0.717) is 0 Å². The van der Waals surface area contributed by atoms with E-state index in [4.69, 9.17) is 4.43 Å². The Kier molecular flexibility index (Phi) is 3.77. The first-order chi connectivity index (χ1) is 8.33. The van der Waals surface area contributed by atoms with Gasteiger partial charge in [-0.25, -0.2) is 0 Å². The van der Waals surface area contributed by atoms with E-state index in [-0.39, 0.29) is 0 Å². The molecule has 2 aromatic carbocycles. The Morgan fingerprint density at radius 3 is 1.59 bits per heavy atom. The van der Waals surface area contributed by atoms with Crippen LogP contribution in [0.4, 0.5) is 0 Å². The van der Waals surface area contributed by atoms with E-state index in [2.05, 4.69) is 55.5 Å². The first-order valence-corrected chi connectivity index (χ1v) is 7.90. The van der Waals surface area contributed by atoms with Gasteiger partial charge in [-0.05, 0) is 16.4 Å². The first kappa shape index (κ1) is 12.1. The van der Waals surface area contributed by atoms with Crippen molar-refractivity contribution in [2.75, 3.05) is 7.11 Å². The summed E-state index contributed by atoms with van der Waals surface area (Å²) in [5.74, 6) is 0. The molecule has 0 unspecified atom stereocenters. The maximum Gasteiger partial charge on any atom is 0.255 e. The van der Waals surface area contributed by atoms with E-state index in [0.717, 1.165) is 6.04 Å². The van der Waals surface area contributed by atoms with Crippen LogP contribution in [-0.4, -0.2) is 15.4 Å². The monoisotopic (exact) mass is 241 g/mol. The minimum Gasteiger partial charge on any atom is -0.411 e. The highest BCUT2D eigenvalue weighted by atomic mass is 28.4. The molecule has 2 rings (SSSR count). The number of hydrogen-bond donors (Lipinski definition) is 0. The van der Waals surface area contributed by atoms with Gasteiger partial charge in [0.05, 0.1) is 0 Å². The Morgan fingerprint density at radius 2 is 1.29 bits per heavy atom. The SMILES string of the molecule is [CH2]C[Si](OC)(c1ccccc1)c1ccccc1. The van der Waals surface area contributed by atoms with Gasteiger partial charge in [-0.15, -0.1) is 0 Å². The second-order valence-electron chi connectivity index (χ2n) is 4.01. The molecule has 0 spiro atoms. The van der Waals surface area contributed by atoms with Crippen LogP contribution >= 0.6 is 0 Å². The molecule has 2 aromatic rings. The van der Waals surface area contributed by atoms with Crippen molar-refractivity contribution in [3.63, 3.8) is 0 Å². The second-order valence-corrected chi connectivity index (χ2v) is 7.73. The van der Waals surface area contributed by atoms with Crippen molar-refractivity contribution in [2.45, 2.75) is 6.04 Å². The van der Waals surface area contributed by atoms with Gasteiger partial charge in [-0.3, -0.25) is 0 Å². The van der Waals surface area contributed by atoms with Crippen molar-refractivity contribution >= 4 is 18.7 Å². The normalized spacial score (nSPS) is 11.4. The molecular formula is C15H17OSi. The van der Waals surface area contributed by atoms with E-state index in [1.807, 2.05) is 12.1 Å². The molecule has 0 aromatic heterocycles. The molecule has 1 radical (unpaired) electrons. The maximum atomic E-state index is 5.94. The molecule has 1 nitrogen and oxygen atoms in total. The standard InChI is InChI=1S/C15H17OSi/c1-3-17(16-2,14-10-6-4-7-11-14)15-12-8-5-9-13-15/h4-13H,1,3H2,2H3. The van der Waals surface area contributed by atoms with Crippen LogP contribution < -0.4 is 10.4 Å². The van der Waals surface area contributed by atoms with Gasteiger partial charge >= 0.3 is 0 Å². The summed E-state index contributed by atoms with van der Waals surface area (Å²) in [6, 6.07) is 21.7. The van der Waals surface area contributed by atoms with Gasteiger partial charge in [0.25, 0.3) is 8.32 Å². The molecule has 0 aliphatic rings. The quantitative estimate of drug-likeness (QED) is 0.746. The summed E-state index contributed by atoms with van der Waals surface area (Å²) in [5.41, 5.74) is 0. The van der Waals surface area contributed by atoms with Gasteiger partial charge in [-0.2, -0.15) is 0 Å². The van der Waals surface area contributed by atoms with Crippen molar-refractivity contribution in [1.82, 2.24) is 0 Å². The van der Waals surface area contributed by atoms with Gasteiger partial charge in [-0.1, -0.05) is 67.6 Å². The Balaban J connectivity index is 2.54. The molecule has 0 amide bonds. The zero-order valence-corrected chi connectivity index (χ0v) is 11.1. The predicted octanol–water partition coefficient (Wildman–Crippen LogP) is 2.23. The van der Waals surface area contributed by atoms with Crippen LogP contribution in [0, 0.1) is 6.92 Å². The third-order valence-electron chi connectivity index (χ3n) is 3.18. The lowest BCUT2D eigenvalue weighted by atomic mass is 10.4. The fourth-order valence-electron chi connectivity index (χ4n) is 2.21. The lowest BCUT2D eigenvalue weighted by molar-refractivity contribution is 0.418. The van der Waals surface area contributed by atoms with Crippen LogP contribution in [0.1, 0.15) is 0 Å². The molecule has 87 valence electrons. The van der Waals surface area contributed by atoms with Gasteiger partial charge in [0.1, 0.15) is 0 Å². The fourth-order valence-corrected chi connectivity index (χ4v) is 5.26. The van der Waals surface area contributed by atoms with Crippen LogP contribution in [-0.2, 0) is 4.43 Å². The van der Waals surface area contributed by atoms with Gasteiger partial charge in [0, 0.05) is 7.11 Å². The van der Waals surface area contributed by atoms with Crippen molar-refractivity contribution in [2.24, 2.45) is 0 Å². The zero-order valence-electron chi connectivity index (χ0n) is 10.1. The van der Waals surface area contributed by atoms with E-state index in [1.165, 1.54) is 10.4 Å². The van der Waals surface area contributed by atoms with E-state index >= 15 is 0 Å². The topological polar surface area (TPSA) is 9.23 Å². The Labute approximate surface area is 104 Å². The molecule has 0 saturated heterocycles. The summed E-state index contributed by atoms with van der Waals surface area (Å²) in [7, 11) is -0.304. The summed E-state index contributed by atoms with van der Waals surface area (Å²) in [6.45, 7) is 4.12. The maximum absolute atomic E-state index is 5.94. The van der Waals surface area contributed by atoms with Crippen molar-refractivity contribution in [1.29, 1.82) is 0 Å². The van der Waals surface area contributed by atoms with Crippen molar-refractivity contribution in [3.8, 4) is 0 Å². The average Bonchev–Trinajstić information content (AvgIpc) is 2.43. The van der Waals surface area contributed by atoms with E-state index < -0.39 is 8.32 Å². The Bertz CT molecular complexity index is 407. The van der Waals surface area contributed by atoms with Gasteiger partial charge in [0.2, 0.25) is 0 Å². The third kappa shape index (κ3) is 2.19. The van der Waals surface area contributed by atoms with Gasteiger partial charge < -0.3 is 4.43 Å². The Hall–Kier alpha value is -1.38. The molecule has 0 aliphatic heterocycles. The Morgan fingerprint density at radius 1 is 0.882 bits per heavy atom. The molecule has 0 N–H and O–H groups in total. The number of hydrogen-bond acceptors (Lipinski definition) is 1. The van der Waals surface area contributed by atoms with E-state index in [9.17, 15) is 0 Å². The lowest BCUT2D eigenvalue weighted by Crippen LogP contribution is -2.59. The zero-order chi connectivity index (χ0) is 12.1. The summed E-state index contributed by atoms with van der Waals surface area (Å²) >= 11 is 0. The molecule has 0 fully saturated rings. The van der Waals surface area contributed by atoms with Crippen LogP contribution in [0.25, 0.3) is 0 Å². The fraction of sp³-hybridized carbons (Fsp3) is 0.133. The second kappa shape index (κ2) is 5.30. The summed E-state index contributed by atoms with van der Waals surface area (Å²) < 4.78 is 5.94. The molecule has 0 bridgehead atoms. The third-order valence-corrected chi connectivity index (χ3v) is 7.11. The van der Waals surface area contributed by atoms with Crippen LogP contribution in [0.2, 0.25) is 6.04 Å². The number of rotatable bonds is 4. The van der Waals surface area contributed by atoms with Gasteiger partial charge in [0.15, 0.2) is 0 Å². The molecule has 0 atom stereocenters. The average molecular weight is 241 g/mol. The minimum absolute atomic E-state index is 0.803. The van der Waals surface area contributed by atoms with Crippen LogP contribution in [0.15, 0.2) is 60.7 Å². The number of benzene rings is 2.